The number of nitrogens with one attached hydrogen (secondary N) is 1. The molecule has 22 heavy (non-hydrogen) atoms. The number of benzene rings is 1. The number of esters is 1. The van der Waals surface area contributed by atoms with Crippen molar-refractivity contribution in [1.82, 2.24) is 0 Å². The van der Waals surface area contributed by atoms with Crippen molar-refractivity contribution in [3.05, 3.63) is 40.8 Å². The molecule has 6 nitrogen and oxygen atoms in total. The van der Waals surface area contributed by atoms with Crippen LogP contribution < -0.4 is 14.8 Å². The highest BCUT2D eigenvalue weighted by Gasteiger charge is 2.19. The molecule has 1 amide bonds. The van der Waals surface area contributed by atoms with Gasteiger partial charge >= 0.3 is 5.97 Å². The standard InChI is InChI=1S/C15H13NO5S/c1-2-19-15(18)10-5-6-22-14(10)16-13(17)9-3-4-11-12(7-9)21-8-20-11/h3-7H,2,8H2,1H3,(H,16,17). The predicted octanol–water partition coefficient (Wildman–Crippen LogP) is 2.91. The van der Waals surface area contributed by atoms with Crippen molar-refractivity contribution in [3.63, 3.8) is 0 Å². The second kappa shape index (κ2) is 6.07. The summed E-state index contributed by atoms with van der Waals surface area (Å²) in [7, 11) is 0. The molecule has 0 radical (unpaired) electrons. The lowest BCUT2D eigenvalue weighted by Crippen LogP contribution is -2.14. The third-order valence-electron chi connectivity index (χ3n) is 3.02. The number of hydrogen-bond donors (Lipinski definition) is 1. The van der Waals surface area contributed by atoms with Gasteiger partial charge in [-0.15, -0.1) is 11.3 Å². The summed E-state index contributed by atoms with van der Waals surface area (Å²) in [4.78, 5) is 24.1. The molecule has 1 aliphatic heterocycles. The van der Waals surface area contributed by atoms with Gasteiger partial charge in [0.25, 0.3) is 5.91 Å². The molecule has 3 rings (SSSR count). The van der Waals surface area contributed by atoms with Gasteiger partial charge in [-0.05, 0) is 36.6 Å². The zero-order chi connectivity index (χ0) is 15.5. The molecular weight excluding hydrogens is 306 g/mol. The third-order valence-corrected chi connectivity index (χ3v) is 3.85. The van der Waals surface area contributed by atoms with E-state index in [1.165, 1.54) is 11.3 Å². The first-order valence-corrected chi connectivity index (χ1v) is 7.52. The van der Waals surface area contributed by atoms with Gasteiger partial charge in [0.05, 0.1) is 12.2 Å². The van der Waals surface area contributed by atoms with E-state index in [2.05, 4.69) is 5.32 Å². The highest BCUT2D eigenvalue weighted by Crippen LogP contribution is 2.33. The van der Waals surface area contributed by atoms with E-state index in [0.717, 1.165) is 0 Å². The summed E-state index contributed by atoms with van der Waals surface area (Å²) in [5.41, 5.74) is 0.772. The van der Waals surface area contributed by atoms with Gasteiger partial charge in [0.15, 0.2) is 11.5 Å². The molecule has 0 aliphatic carbocycles. The van der Waals surface area contributed by atoms with E-state index in [1.807, 2.05) is 0 Å². The average molecular weight is 319 g/mol. The molecule has 0 atom stereocenters. The van der Waals surface area contributed by atoms with Crippen LogP contribution in [-0.4, -0.2) is 25.3 Å². The van der Waals surface area contributed by atoms with Crippen LogP contribution in [0.4, 0.5) is 5.00 Å². The van der Waals surface area contributed by atoms with Gasteiger partial charge in [-0.2, -0.15) is 0 Å². The Labute approximate surface area is 130 Å². The number of carbonyl (C=O) groups is 2. The summed E-state index contributed by atoms with van der Waals surface area (Å²) in [6.07, 6.45) is 0. The van der Waals surface area contributed by atoms with E-state index >= 15 is 0 Å². The highest BCUT2D eigenvalue weighted by molar-refractivity contribution is 7.14. The largest absolute Gasteiger partial charge is 0.462 e. The van der Waals surface area contributed by atoms with Gasteiger partial charge in [-0.25, -0.2) is 4.79 Å². The van der Waals surface area contributed by atoms with Crippen molar-refractivity contribution in [2.75, 3.05) is 18.7 Å². The van der Waals surface area contributed by atoms with Crippen LogP contribution in [0.25, 0.3) is 0 Å². The Balaban J connectivity index is 1.77. The van der Waals surface area contributed by atoms with E-state index in [9.17, 15) is 9.59 Å². The van der Waals surface area contributed by atoms with Crippen LogP contribution >= 0.6 is 11.3 Å². The molecule has 114 valence electrons. The lowest BCUT2D eigenvalue weighted by Gasteiger charge is -2.06. The first kappa shape index (κ1) is 14.4. The average Bonchev–Trinajstić information content (AvgIpc) is 3.15. The Morgan fingerprint density at radius 2 is 2.09 bits per heavy atom. The van der Waals surface area contributed by atoms with Gasteiger partial charge in [-0.1, -0.05) is 0 Å². The summed E-state index contributed by atoms with van der Waals surface area (Å²) in [5, 5.41) is 4.90. The molecule has 0 saturated carbocycles. The van der Waals surface area contributed by atoms with Crippen molar-refractivity contribution in [1.29, 1.82) is 0 Å². The van der Waals surface area contributed by atoms with E-state index in [4.69, 9.17) is 14.2 Å². The Morgan fingerprint density at radius 1 is 1.27 bits per heavy atom. The minimum absolute atomic E-state index is 0.151. The van der Waals surface area contributed by atoms with E-state index in [1.54, 1.807) is 36.6 Å². The molecule has 0 bridgehead atoms. The number of thiophene rings is 1. The van der Waals surface area contributed by atoms with Crippen LogP contribution in [0, 0.1) is 0 Å². The molecule has 0 spiro atoms. The van der Waals surface area contributed by atoms with Gasteiger partial charge in [0, 0.05) is 5.56 Å². The summed E-state index contributed by atoms with van der Waals surface area (Å²) in [5.74, 6) is 0.361. The van der Waals surface area contributed by atoms with E-state index in [0.29, 0.717) is 27.6 Å². The van der Waals surface area contributed by atoms with Crippen molar-refractivity contribution < 1.29 is 23.8 Å². The van der Waals surface area contributed by atoms with Crippen LogP contribution in [0.3, 0.4) is 0 Å². The lowest BCUT2D eigenvalue weighted by atomic mass is 10.2. The van der Waals surface area contributed by atoms with Crippen molar-refractivity contribution in [2.24, 2.45) is 0 Å². The molecule has 0 saturated heterocycles. The molecular formula is C15H13NO5S. The highest BCUT2D eigenvalue weighted by atomic mass is 32.1. The minimum Gasteiger partial charge on any atom is -0.462 e. The number of rotatable bonds is 4. The van der Waals surface area contributed by atoms with Crippen LogP contribution in [0.15, 0.2) is 29.6 Å². The quantitative estimate of drug-likeness (QED) is 0.877. The fourth-order valence-corrected chi connectivity index (χ4v) is 2.76. The zero-order valence-corrected chi connectivity index (χ0v) is 12.6. The van der Waals surface area contributed by atoms with Crippen molar-refractivity contribution in [2.45, 2.75) is 6.92 Å². The normalized spacial score (nSPS) is 12.0. The van der Waals surface area contributed by atoms with Crippen molar-refractivity contribution in [3.8, 4) is 11.5 Å². The molecule has 0 unspecified atom stereocenters. The minimum atomic E-state index is -0.454. The Hall–Kier alpha value is -2.54. The smallest absolute Gasteiger partial charge is 0.341 e. The maximum Gasteiger partial charge on any atom is 0.341 e. The number of fused-ring (bicyclic) bond motifs is 1. The molecule has 1 aromatic heterocycles. The number of amides is 1. The summed E-state index contributed by atoms with van der Waals surface area (Å²) in [6, 6.07) is 6.55. The third kappa shape index (κ3) is 2.75. The zero-order valence-electron chi connectivity index (χ0n) is 11.8. The van der Waals surface area contributed by atoms with Gasteiger partial charge in [-0.3, -0.25) is 4.79 Å². The molecule has 7 heteroatoms. The predicted molar refractivity (Wildman–Crippen MR) is 80.8 cm³/mol. The number of anilines is 1. The van der Waals surface area contributed by atoms with E-state index < -0.39 is 5.97 Å². The second-order valence-electron chi connectivity index (χ2n) is 4.41. The number of carbonyl (C=O) groups excluding carboxylic acids is 2. The monoisotopic (exact) mass is 319 g/mol. The van der Waals surface area contributed by atoms with Crippen LogP contribution in [0.1, 0.15) is 27.6 Å². The van der Waals surface area contributed by atoms with Crippen LogP contribution in [0.5, 0.6) is 11.5 Å². The molecule has 2 heterocycles. The number of hydrogen-bond acceptors (Lipinski definition) is 6. The number of ether oxygens (including phenoxy) is 3. The Kier molecular flexibility index (Phi) is 3.97. The van der Waals surface area contributed by atoms with Crippen LogP contribution in [0.2, 0.25) is 0 Å². The van der Waals surface area contributed by atoms with Crippen LogP contribution in [-0.2, 0) is 4.74 Å². The Morgan fingerprint density at radius 3 is 2.91 bits per heavy atom. The molecule has 0 fully saturated rings. The summed E-state index contributed by atoms with van der Waals surface area (Å²) < 4.78 is 15.4. The van der Waals surface area contributed by atoms with Gasteiger partial charge in [0.2, 0.25) is 6.79 Å². The van der Waals surface area contributed by atoms with Crippen molar-refractivity contribution >= 4 is 28.2 Å². The van der Waals surface area contributed by atoms with E-state index in [-0.39, 0.29) is 19.3 Å². The molecule has 1 aromatic carbocycles. The fraction of sp³-hybridized carbons (Fsp3) is 0.200. The fourth-order valence-electron chi connectivity index (χ4n) is 1.99. The lowest BCUT2D eigenvalue weighted by molar-refractivity contribution is 0.0528. The second-order valence-corrected chi connectivity index (χ2v) is 5.32. The van der Waals surface area contributed by atoms with Gasteiger partial charge in [0.1, 0.15) is 5.00 Å². The topological polar surface area (TPSA) is 73.9 Å². The molecule has 1 aliphatic rings. The Bertz CT molecular complexity index is 724. The van der Waals surface area contributed by atoms with Gasteiger partial charge < -0.3 is 19.5 Å². The SMILES string of the molecule is CCOC(=O)c1ccsc1NC(=O)c1ccc2c(c1)OCO2. The summed E-state index contributed by atoms with van der Waals surface area (Å²) in [6.45, 7) is 2.16. The molecule has 1 N–H and O–H groups in total. The maximum atomic E-state index is 12.3. The maximum absolute atomic E-state index is 12.3. The first-order valence-electron chi connectivity index (χ1n) is 6.64. The summed E-state index contributed by atoms with van der Waals surface area (Å²) >= 11 is 1.26. The molecule has 2 aromatic rings. The first-order chi connectivity index (χ1) is 10.7.